The molecular weight excluding hydrogens is 358 g/mol. The molecule has 0 aromatic carbocycles. The van der Waals surface area contributed by atoms with Crippen LogP contribution in [0.1, 0.15) is 32.4 Å². The van der Waals surface area contributed by atoms with E-state index in [1.807, 2.05) is 0 Å². The van der Waals surface area contributed by atoms with E-state index < -0.39 is 11.8 Å². The van der Waals surface area contributed by atoms with Crippen LogP contribution < -0.4 is 21.7 Å². The molecule has 7 N–H and O–H groups in total. The van der Waals surface area contributed by atoms with Gasteiger partial charge in [0.1, 0.15) is 5.71 Å². The summed E-state index contributed by atoms with van der Waals surface area (Å²) >= 11 is 0. The number of hydrogen-bond acceptors (Lipinski definition) is 7. The maximum Gasteiger partial charge on any atom is 0.269 e. The molecule has 1 aliphatic carbocycles. The van der Waals surface area contributed by atoms with Gasteiger partial charge < -0.3 is 27.1 Å². The predicted octanol–water partition coefficient (Wildman–Crippen LogP) is 1.15. The number of nitrogens with two attached hydrogens (primary N) is 1. The second-order valence-corrected chi connectivity index (χ2v) is 6.53. The van der Waals surface area contributed by atoms with Crippen LogP contribution >= 0.6 is 0 Å². The van der Waals surface area contributed by atoms with Gasteiger partial charge in [-0.1, -0.05) is 0 Å². The number of nitrogens with one attached hydrogen (secondary N) is 5. The Labute approximate surface area is 163 Å². The monoisotopic (exact) mass is 383 g/mol. The molecule has 2 amide bonds. The van der Waals surface area contributed by atoms with E-state index in [1.54, 1.807) is 32.2 Å². The van der Waals surface area contributed by atoms with Crippen molar-refractivity contribution in [2.75, 3.05) is 11.9 Å². The van der Waals surface area contributed by atoms with Crippen molar-refractivity contribution in [3.8, 4) is 0 Å². The van der Waals surface area contributed by atoms with Crippen molar-refractivity contribution < 1.29 is 9.59 Å². The van der Waals surface area contributed by atoms with Crippen molar-refractivity contribution in [1.82, 2.24) is 15.6 Å². The Hall–Kier alpha value is -3.49. The molecule has 0 aliphatic heterocycles. The number of carbonyl (C=O) groups is 2. The maximum absolute atomic E-state index is 12.0. The number of aromatic nitrogens is 1. The van der Waals surface area contributed by atoms with Gasteiger partial charge >= 0.3 is 0 Å². The quantitative estimate of drug-likeness (QED) is 0.353. The van der Waals surface area contributed by atoms with Crippen LogP contribution in [0, 0.1) is 10.8 Å². The zero-order valence-corrected chi connectivity index (χ0v) is 15.9. The molecule has 1 heterocycles. The summed E-state index contributed by atoms with van der Waals surface area (Å²) < 4.78 is 0. The van der Waals surface area contributed by atoms with Gasteiger partial charge in [0.2, 0.25) is 5.91 Å². The van der Waals surface area contributed by atoms with Crippen molar-refractivity contribution >= 4 is 34.5 Å². The molecule has 1 aromatic rings. The summed E-state index contributed by atoms with van der Waals surface area (Å²) in [5, 5.41) is 23.5. The Balaban J connectivity index is 1.83. The second-order valence-electron chi connectivity index (χ2n) is 6.53. The fourth-order valence-electron chi connectivity index (χ4n) is 2.36. The third-order valence-electron chi connectivity index (χ3n) is 3.89. The average molecular weight is 383 g/mol. The lowest BCUT2D eigenvalue weighted by Crippen LogP contribution is -2.36. The number of amides is 2. The summed E-state index contributed by atoms with van der Waals surface area (Å²) in [6.07, 6.45) is 6.60. The summed E-state index contributed by atoms with van der Waals surface area (Å²) in [5.41, 5.74) is 7.89. The highest BCUT2D eigenvalue weighted by atomic mass is 16.2. The van der Waals surface area contributed by atoms with Gasteiger partial charge in [0.15, 0.2) is 0 Å². The van der Waals surface area contributed by atoms with Crippen LogP contribution in [0.15, 0.2) is 36.3 Å². The highest BCUT2D eigenvalue weighted by molar-refractivity contribution is 6.42. The first-order valence-corrected chi connectivity index (χ1v) is 8.85. The molecule has 0 radical (unpaired) electrons. The molecule has 1 aliphatic rings. The van der Waals surface area contributed by atoms with Gasteiger partial charge in [0.05, 0.1) is 24.1 Å². The minimum Gasteiger partial charge on any atom is -0.402 e. The van der Waals surface area contributed by atoms with Crippen LogP contribution in [0.4, 0.5) is 5.69 Å². The number of hydrogen-bond donors (Lipinski definition) is 6. The molecule has 0 bridgehead atoms. The minimum absolute atomic E-state index is 0.231. The molecule has 1 aromatic heterocycles. The van der Waals surface area contributed by atoms with Gasteiger partial charge in [-0.3, -0.25) is 20.0 Å². The lowest BCUT2D eigenvalue weighted by Gasteiger charge is -2.10. The first-order valence-electron chi connectivity index (χ1n) is 8.85. The van der Waals surface area contributed by atoms with Crippen molar-refractivity contribution in [2.24, 2.45) is 5.73 Å². The number of nitrogens with zero attached hydrogens (tertiary/aromatic N) is 1. The van der Waals surface area contributed by atoms with E-state index in [-0.39, 0.29) is 12.3 Å². The zero-order valence-electron chi connectivity index (χ0n) is 15.9. The van der Waals surface area contributed by atoms with E-state index in [4.69, 9.17) is 16.6 Å². The van der Waals surface area contributed by atoms with Crippen LogP contribution in [-0.2, 0) is 9.59 Å². The third-order valence-corrected chi connectivity index (χ3v) is 3.89. The lowest BCUT2D eigenvalue weighted by molar-refractivity contribution is -0.120. The van der Waals surface area contributed by atoms with Crippen LogP contribution in [0.25, 0.3) is 5.57 Å². The summed E-state index contributed by atoms with van der Waals surface area (Å²) in [5.74, 6) is -1.07. The van der Waals surface area contributed by atoms with Crippen molar-refractivity contribution in [3.05, 3.63) is 42.0 Å². The topological polar surface area (TPSA) is 157 Å². The molecule has 148 valence electrons. The van der Waals surface area contributed by atoms with Crippen LogP contribution in [0.2, 0.25) is 0 Å². The number of allylic oxidation sites excluding steroid dienone is 2. The number of rotatable bonds is 9. The van der Waals surface area contributed by atoms with Gasteiger partial charge in [-0.15, -0.1) is 0 Å². The predicted molar refractivity (Wildman–Crippen MR) is 109 cm³/mol. The molecule has 0 unspecified atom stereocenters. The number of carbonyl (C=O) groups excluding carboxylic acids is 2. The van der Waals surface area contributed by atoms with Crippen molar-refractivity contribution in [2.45, 2.75) is 32.7 Å². The summed E-state index contributed by atoms with van der Waals surface area (Å²) in [6.45, 7) is 3.06. The van der Waals surface area contributed by atoms with E-state index in [9.17, 15) is 9.59 Å². The highest BCUT2D eigenvalue weighted by Gasteiger charge is 2.18. The smallest absolute Gasteiger partial charge is 0.269 e. The number of pyridine rings is 1. The van der Waals surface area contributed by atoms with Gasteiger partial charge in [0.25, 0.3) is 5.91 Å². The largest absolute Gasteiger partial charge is 0.402 e. The second kappa shape index (κ2) is 9.45. The molecule has 1 saturated carbocycles. The number of anilines is 1. The Morgan fingerprint density at radius 3 is 2.54 bits per heavy atom. The van der Waals surface area contributed by atoms with Gasteiger partial charge in [-0.2, -0.15) is 0 Å². The fraction of sp³-hybridized carbons (Fsp3) is 0.316. The van der Waals surface area contributed by atoms with E-state index in [2.05, 4.69) is 20.9 Å². The molecule has 9 nitrogen and oxygen atoms in total. The standard InChI is InChI=1S/C19H25N7O2/c1-11(20)18(12(2)21)16-6-5-14(9-24-16)26-17(27)10-25-19(28)15(22)7-8-23-13-3-4-13/h5-9,13,20,22-23H,3-4,10,21H2,1-2H3,(H,25,28)(H,26,27)/b8-7-,18-12+,20-11?,22-15?. The minimum atomic E-state index is -0.632. The van der Waals surface area contributed by atoms with Crippen LogP contribution in [0.5, 0.6) is 0 Å². The molecular formula is C19H25N7O2. The van der Waals surface area contributed by atoms with E-state index in [0.29, 0.717) is 34.4 Å². The Kier molecular flexibility index (Phi) is 7.02. The lowest BCUT2D eigenvalue weighted by atomic mass is 10.1. The van der Waals surface area contributed by atoms with Crippen molar-refractivity contribution in [3.63, 3.8) is 0 Å². The van der Waals surface area contributed by atoms with E-state index in [1.165, 1.54) is 12.3 Å². The van der Waals surface area contributed by atoms with Crippen LogP contribution in [0.3, 0.4) is 0 Å². The molecule has 0 spiro atoms. The molecule has 1 fully saturated rings. The van der Waals surface area contributed by atoms with Gasteiger partial charge in [0, 0.05) is 23.0 Å². The Morgan fingerprint density at radius 2 is 2.00 bits per heavy atom. The first kappa shape index (κ1) is 20.8. The third kappa shape index (κ3) is 6.35. The highest BCUT2D eigenvalue weighted by Crippen LogP contribution is 2.18. The first-order chi connectivity index (χ1) is 13.3. The van der Waals surface area contributed by atoms with Crippen molar-refractivity contribution in [1.29, 1.82) is 10.8 Å². The molecule has 0 atom stereocenters. The Bertz CT molecular complexity index is 832. The van der Waals surface area contributed by atoms with Crippen LogP contribution in [-0.4, -0.2) is 40.8 Å². The zero-order chi connectivity index (χ0) is 20.7. The summed E-state index contributed by atoms with van der Waals surface area (Å²) in [6, 6.07) is 3.74. The molecule has 0 saturated heterocycles. The summed E-state index contributed by atoms with van der Waals surface area (Å²) in [7, 11) is 0. The SMILES string of the molecule is CC(=N)/C(=C(/C)N)c1ccc(NC(=O)CNC(=O)C(=N)/C=C\NC2CC2)cn1. The van der Waals surface area contributed by atoms with Gasteiger partial charge in [-0.05, 0) is 51.1 Å². The Morgan fingerprint density at radius 1 is 1.29 bits per heavy atom. The average Bonchev–Trinajstić information content (AvgIpc) is 3.45. The van der Waals surface area contributed by atoms with Gasteiger partial charge in [-0.25, -0.2) is 0 Å². The van der Waals surface area contributed by atoms with E-state index >= 15 is 0 Å². The molecule has 28 heavy (non-hydrogen) atoms. The summed E-state index contributed by atoms with van der Waals surface area (Å²) in [4.78, 5) is 28.0. The normalized spacial score (nSPS) is 14.2. The maximum atomic E-state index is 12.0. The molecule has 9 heteroatoms. The molecule has 2 rings (SSSR count). The fourth-order valence-corrected chi connectivity index (χ4v) is 2.36. The van der Waals surface area contributed by atoms with E-state index in [0.717, 1.165) is 12.8 Å².